The van der Waals surface area contributed by atoms with Crippen LogP contribution in [0.2, 0.25) is 0 Å². The first-order valence-corrected chi connectivity index (χ1v) is 10.9. The summed E-state index contributed by atoms with van der Waals surface area (Å²) in [5.41, 5.74) is 0.454. The summed E-state index contributed by atoms with van der Waals surface area (Å²) in [5.74, 6) is 0.535. The highest BCUT2D eigenvalue weighted by Crippen LogP contribution is 2.33. The molecule has 154 valence electrons. The van der Waals surface area contributed by atoms with Gasteiger partial charge in [0.2, 0.25) is 0 Å². The van der Waals surface area contributed by atoms with Crippen LogP contribution in [-0.4, -0.2) is 46.8 Å². The monoisotopic (exact) mass is 418 g/mol. The smallest absolute Gasteiger partial charge is 0.262 e. The van der Waals surface area contributed by atoms with E-state index in [1.165, 1.54) is 12.1 Å². The molecule has 1 unspecified atom stereocenters. The maximum atomic E-state index is 12.9. The fourth-order valence-electron chi connectivity index (χ4n) is 3.28. The maximum absolute atomic E-state index is 12.9. The molecule has 1 atom stereocenters. The van der Waals surface area contributed by atoms with E-state index in [4.69, 9.17) is 14.2 Å². The predicted octanol–water partition coefficient (Wildman–Crippen LogP) is 2.17. The number of carbonyl (C=O) groups is 1. The third kappa shape index (κ3) is 4.46. The van der Waals surface area contributed by atoms with Crippen molar-refractivity contribution in [3.8, 4) is 11.5 Å². The van der Waals surface area contributed by atoms with E-state index in [-0.39, 0.29) is 28.1 Å². The second-order valence-corrected chi connectivity index (χ2v) is 8.53. The van der Waals surface area contributed by atoms with E-state index in [2.05, 4.69) is 10.0 Å². The molecule has 2 aromatic carbocycles. The van der Waals surface area contributed by atoms with E-state index in [0.29, 0.717) is 37.9 Å². The van der Waals surface area contributed by atoms with Gasteiger partial charge < -0.3 is 19.5 Å². The molecule has 0 radical (unpaired) electrons. The molecule has 4 rings (SSSR count). The van der Waals surface area contributed by atoms with Gasteiger partial charge in [0.15, 0.2) is 11.5 Å². The van der Waals surface area contributed by atoms with Crippen LogP contribution in [0.1, 0.15) is 23.2 Å². The number of carbonyl (C=O) groups excluding carboxylic acids is 1. The summed E-state index contributed by atoms with van der Waals surface area (Å²) in [7, 11) is -3.93. The van der Waals surface area contributed by atoms with Crippen molar-refractivity contribution in [1.82, 2.24) is 5.32 Å². The highest BCUT2D eigenvalue weighted by Gasteiger charge is 2.23. The number of para-hydroxylation sites is 1. The van der Waals surface area contributed by atoms with Crippen molar-refractivity contribution in [2.45, 2.75) is 23.8 Å². The molecule has 0 saturated carbocycles. The Hall–Kier alpha value is -2.78. The lowest BCUT2D eigenvalue weighted by molar-refractivity contribution is 0.0624. The topological polar surface area (TPSA) is 103 Å². The normalized spacial score (nSPS) is 18.7. The van der Waals surface area contributed by atoms with Crippen LogP contribution in [0.3, 0.4) is 0 Å². The van der Waals surface area contributed by atoms with Gasteiger partial charge in [0.25, 0.3) is 15.9 Å². The molecule has 2 heterocycles. The van der Waals surface area contributed by atoms with Gasteiger partial charge in [-0.3, -0.25) is 9.52 Å². The zero-order valence-electron chi connectivity index (χ0n) is 15.7. The van der Waals surface area contributed by atoms with Crippen LogP contribution in [-0.2, 0) is 14.8 Å². The molecule has 1 amide bonds. The number of nitrogens with one attached hydrogen (secondary N) is 2. The van der Waals surface area contributed by atoms with Crippen molar-refractivity contribution in [3.63, 3.8) is 0 Å². The zero-order valence-corrected chi connectivity index (χ0v) is 16.5. The number of amides is 1. The SMILES string of the molecule is O=C(NC1CCCOC1)c1ccccc1NS(=O)(=O)c1ccc2c(c1)OCCO2. The molecular weight excluding hydrogens is 396 g/mol. The van der Waals surface area contributed by atoms with Crippen molar-refractivity contribution in [1.29, 1.82) is 0 Å². The summed E-state index contributed by atoms with van der Waals surface area (Å²) < 4.78 is 44.6. The Morgan fingerprint density at radius 1 is 1.00 bits per heavy atom. The molecule has 0 aromatic heterocycles. The van der Waals surface area contributed by atoms with Crippen molar-refractivity contribution in [3.05, 3.63) is 48.0 Å². The number of sulfonamides is 1. The summed E-state index contributed by atoms with van der Waals surface area (Å²) in [6, 6.07) is 10.8. The van der Waals surface area contributed by atoms with Gasteiger partial charge in [0.05, 0.1) is 28.8 Å². The van der Waals surface area contributed by atoms with Gasteiger partial charge in [-0.1, -0.05) is 12.1 Å². The molecule has 29 heavy (non-hydrogen) atoms. The summed E-state index contributed by atoms with van der Waals surface area (Å²) >= 11 is 0. The quantitative estimate of drug-likeness (QED) is 0.772. The largest absolute Gasteiger partial charge is 0.486 e. The minimum absolute atomic E-state index is 0.0256. The highest BCUT2D eigenvalue weighted by molar-refractivity contribution is 7.92. The summed E-state index contributed by atoms with van der Waals surface area (Å²) in [4.78, 5) is 12.7. The Labute approximate surface area is 169 Å². The standard InChI is InChI=1S/C20H22N2O6S/c23-20(21-14-4-3-9-26-13-14)16-5-1-2-6-17(16)22-29(24,25)15-7-8-18-19(12-15)28-11-10-27-18/h1-2,5-8,12,14,22H,3-4,9-11,13H2,(H,21,23). The second-order valence-electron chi connectivity index (χ2n) is 6.84. The van der Waals surface area contributed by atoms with E-state index < -0.39 is 10.0 Å². The average Bonchev–Trinajstić information content (AvgIpc) is 2.74. The third-order valence-corrected chi connectivity index (χ3v) is 6.10. The number of hydrogen-bond donors (Lipinski definition) is 2. The van der Waals surface area contributed by atoms with Gasteiger partial charge in [-0.15, -0.1) is 0 Å². The Morgan fingerprint density at radius 3 is 2.59 bits per heavy atom. The van der Waals surface area contributed by atoms with Crippen LogP contribution in [0.4, 0.5) is 5.69 Å². The Bertz CT molecular complexity index is 1000. The van der Waals surface area contributed by atoms with Crippen molar-refractivity contribution < 1.29 is 27.4 Å². The number of hydrogen-bond acceptors (Lipinski definition) is 6. The van der Waals surface area contributed by atoms with Crippen LogP contribution in [0.25, 0.3) is 0 Å². The van der Waals surface area contributed by atoms with Crippen LogP contribution >= 0.6 is 0 Å². The van der Waals surface area contributed by atoms with Gasteiger partial charge in [0, 0.05) is 12.7 Å². The number of rotatable bonds is 5. The minimum Gasteiger partial charge on any atom is -0.486 e. The van der Waals surface area contributed by atoms with Crippen molar-refractivity contribution in [2.24, 2.45) is 0 Å². The lowest BCUT2D eigenvalue weighted by Crippen LogP contribution is -2.40. The molecular formula is C20H22N2O6S. The predicted molar refractivity (Wildman–Crippen MR) is 106 cm³/mol. The Morgan fingerprint density at radius 2 is 1.79 bits per heavy atom. The molecule has 1 fully saturated rings. The molecule has 9 heteroatoms. The molecule has 2 N–H and O–H groups in total. The average molecular weight is 418 g/mol. The van der Waals surface area contributed by atoms with Crippen LogP contribution in [0.15, 0.2) is 47.4 Å². The number of benzene rings is 2. The molecule has 2 aliphatic heterocycles. The van der Waals surface area contributed by atoms with E-state index in [1.54, 1.807) is 30.3 Å². The molecule has 0 aliphatic carbocycles. The number of ether oxygens (including phenoxy) is 3. The Kier molecular flexibility index (Phi) is 5.59. The summed E-state index contributed by atoms with van der Waals surface area (Å²) in [6.45, 7) is 1.93. The minimum atomic E-state index is -3.93. The van der Waals surface area contributed by atoms with Gasteiger partial charge in [0.1, 0.15) is 13.2 Å². The van der Waals surface area contributed by atoms with E-state index >= 15 is 0 Å². The maximum Gasteiger partial charge on any atom is 0.262 e. The Balaban J connectivity index is 1.55. The second kappa shape index (κ2) is 8.30. The third-order valence-electron chi connectivity index (χ3n) is 4.74. The first kappa shape index (κ1) is 19.5. The lowest BCUT2D eigenvalue weighted by Gasteiger charge is -2.23. The van der Waals surface area contributed by atoms with Gasteiger partial charge >= 0.3 is 0 Å². The number of anilines is 1. The van der Waals surface area contributed by atoms with Crippen molar-refractivity contribution in [2.75, 3.05) is 31.1 Å². The first-order valence-electron chi connectivity index (χ1n) is 9.43. The fraction of sp³-hybridized carbons (Fsp3) is 0.350. The highest BCUT2D eigenvalue weighted by atomic mass is 32.2. The fourth-order valence-corrected chi connectivity index (χ4v) is 4.38. The van der Waals surface area contributed by atoms with E-state index in [0.717, 1.165) is 12.8 Å². The number of fused-ring (bicyclic) bond motifs is 1. The van der Waals surface area contributed by atoms with E-state index in [1.807, 2.05) is 0 Å². The van der Waals surface area contributed by atoms with E-state index in [9.17, 15) is 13.2 Å². The van der Waals surface area contributed by atoms with Gasteiger partial charge in [-0.2, -0.15) is 0 Å². The van der Waals surface area contributed by atoms with Crippen molar-refractivity contribution >= 4 is 21.6 Å². The molecule has 0 spiro atoms. The summed E-state index contributed by atoms with van der Waals surface area (Å²) in [6.07, 6.45) is 1.71. The molecule has 2 aliphatic rings. The zero-order chi connectivity index (χ0) is 20.3. The lowest BCUT2D eigenvalue weighted by atomic mass is 10.1. The molecule has 8 nitrogen and oxygen atoms in total. The van der Waals surface area contributed by atoms with Crippen LogP contribution in [0, 0.1) is 0 Å². The molecule has 1 saturated heterocycles. The first-order chi connectivity index (χ1) is 14.0. The van der Waals surface area contributed by atoms with Gasteiger partial charge in [-0.25, -0.2) is 8.42 Å². The van der Waals surface area contributed by atoms with Gasteiger partial charge in [-0.05, 0) is 37.1 Å². The molecule has 2 aromatic rings. The molecule has 0 bridgehead atoms. The van der Waals surface area contributed by atoms with Crippen LogP contribution in [0.5, 0.6) is 11.5 Å². The van der Waals surface area contributed by atoms with Crippen LogP contribution < -0.4 is 19.5 Å². The summed E-state index contributed by atoms with van der Waals surface area (Å²) in [5, 5.41) is 2.91.